The number of carbonyl (C=O) groups excluding carboxylic acids is 1. The number of amides is 1. The molecule has 4 N–H and O–H groups in total. The van der Waals surface area contributed by atoms with Crippen molar-refractivity contribution in [3.05, 3.63) is 36.0 Å². The number of H-pyrrole nitrogens is 1. The topological polar surface area (TPSA) is 80.1 Å². The van der Waals surface area contributed by atoms with Gasteiger partial charge in [-0.1, -0.05) is 18.2 Å². The maximum Gasteiger partial charge on any atom is 0.407 e. The predicted molar refractivity (Wildman–Crippen MR) is 79.5 cm³/mol. The highest BCUT2D eigenvalue weighted by atomic mass is 16.6. The summed E-state index contributed by atoms with van der Waals surface area (Å²) in [5, 5.41) is 3.78. The number of ether oxygens (including phenoxy) is 1. The lowest BCUT2D eigenvalue weighted by atomic mass is 10.2. The molecule has 0 radical (unpaired) electrons. The molecule has 1 unspecified atom stereocenters. The maximum absolute atomic E-state index is 11.6. The zero-order valence-corrected chi connectivity index (χ0v) is 12.1. The van der Waals surface area contributed by atoms with Gasteiger partial charge in [-0.05, 0) is 38.3 Å². The summed E-state index contributed by atoms with van der Waals surface area (Å²) in [6.45, 7) is 5.79. The van der Waals surface area contributed by atoms with Gasteiger partial charge in [0.25, 0.3) is 0 Å². The Bertz CT molecular complexity index is 565. The van der Waals surface area contributed by atoms with E-state index in [0.717, 1.165) is 16.6 Å². The van der Waals surface area contributed by atoms with Crippen molar-refractivity contribution in [2.75, 3.05) is 6.54 Å². The first-order valence-corrected chi connectivity index (χ1v) is 6.65. The number of alkyl carbamates (subject to hydrolysis) is 1. The van der Waals surface area contributed by atoms with Gasteiger partial charge in [0.2, 0.25) is 0 Å². The van der Waals surface area contributed by atoms with E-state index in [4.69, 9.17) is 10.5 Å². The summed E-state index contributed by atoms with van der Waals surface area (Å²) in [5.74, 6) is 0. The van der Waals surface area contributed by atoms with E-state index < -0.39 is 11.7 Å². The lowest BCUT2D eigenvalue weighted by Crippen LogP contribution is -2.36. The van der Waals surface area contributed by atoms with Crippen LogP contribution in [0.2, 0.25) is 0 Å². The fourth-order valence-electron chi connectivity index (χ4n) is 1.91. The summed E-state index contributed by atoms with van der Waals surface area (Å²) < 4.78 is 5.17. The highest BCUT2D eigenvalue weighted by Gasteiger charge is 2.17. The number of carbonyl (C=O) groups is 1. The molecule has 0 spiro atoms. The van der Waals surface area contributed by atoms with Crippen LogP contribution in [0.25, 0.3) is 10.9 Å². The number of hydrogen-bond donors (Lipinski definition) is 3. The Labute approximate surface area is 118 Å². The minimum Gasteiger partial charge on any atom is -0.444 e. The van der Waals surface area contributed by atoms with Crippen LogP contribution in [-0.4, -0.2) is 23.2 Å². The van der Waals surface area contributed by atoms with E-state index in [-0.39, 0.29) is 6.04 Å². The molecule has 1 aromatic carbocycles. The molecule has 108 valence electrons. The third-order valence-electron chi connectivity index (χ3n) is 2.82. The second-order valence-corrected chi connectivity index (χ2v) is 5.80. The van der Waals surface area contributed by atoms with Crippen LogP contribution in [0, 0.1) is 0 Å². The number of aromatic amines is 1. The van der Waals surface area contributed by atoms with Crippen LogP contribution in [0.3, 0.4) is 0 Å². The van der Waals surface area contributed by atoms with Crippen LogP contribution in [0.4, 0.5) is 4.79 Å². The first kappa shape index (κ1) is 14.4. The fraction of sp³-hybridized carbons (Fsp3) is 0.400. The first-order chi connectivity index (χ1) is 9.35. The molecule has 1 amide bonds. The first-order valence-electron chi connectivity index (χ1n) is 6.65. The zero-order valence-electron chi connectivity index (χ0n) is 12.1. The molecule has 5 nitrogen and oxygen atoms in total. The Morgan fingerprint density at radius 3 is 2.75 bits per heavy atom. The Hall–Kier alpha value is -2.01. The lowest BCUT2D eigenvalue weighted by Gasteiger charge is -2.20. The summed E-state index contributed by atoms with van der Waals surface area (Å²) in [6, 6.07) is 9.65. The summed E-state index contributed by atoms with van der Waals surface area (Å²) in [4.78, 5) is 14.8. The molecule has 0 fully saturated rings. The molecule has 0 aliphatic rings. The van der Waals surface area contributed by atoms with Crippen molar-refractivity contribution < 1.29 is 9.53 Å². The SMILES string of the molecule is CC(C)(C)OC(=O)NCC(N)c1cc2ccccc2[nH]1. The van der Waals surface area contributed by atoms with Crippen molar-refractivity contribution >= 4 is 17.0 Å². The number of rotatable bonds is 3. The third kappa shape index (κ3) is 3.74. The van der Waals surface area contributed by atoms with Crippen LogP contribution in [0.1, 0.15) is 32.5 Å². The second-order valence-electron chi connectivity index (χ2n) is 5.80. The van der Waals surface area contributed by atoms with Crippen molar-refractivity contribution in [1.82, 2.24) is 10.3 Å². The Morgan fingerprint density at radius 2 is 2.10 bits per heavy atom. The molecular formula is C15H21N3O2. The summed E-state index contributed by atoms with van der Waals surface area (Å²) in [7, 11) is 0. The number of fused-ring (bicyclic) bond motifs is 1. The van der Waals surface area contributed by atoms with Crippen molar-refractivity contribution in [3.8, 4) is 0 Å². The third-order valence-corrected chi connectivity index (χ3v) is 2.82. The highest BCUT2D eigenvalue weighted by molar-refractivity contribution is 5.80. The van der Waals surface area contributed by atoms with E-state index in [1.807, 2.05) is 51.1 Å². The van der Waals surface area contributed by atoms with Crippen LogP contribution >= 0.6 is 0 Å². The van der Waals surface area contributed by atoms with Gasteiger partial charge < -0.3 is 20.8 Å². The van der Waals surface area contributed by atoms with E-state index in [9.17, 15) is 4.79 Å². The molecule has 5 heteroatoms. The molecule has 2 aromatic rings. The number of aromatic nitrogens is 1. The van der Waals surface area contributed by atoms with Gasteiger partial charge in [0.05, 0.1) is 6.04 Å². The molecule has 1 heterocycles. The van der Waals surface area contributed by atoms with Crippen molar-refractivity contribution in [2.45, 2.75) is 32.4 Å². The largest absolute Gasteiger partial charge is 0.444 e. The standard InChI is InChI=1S/C15H21N3O2/c1-15(2,3)20-14(19)17-9-11(16)13-8-10-6-4-5-7-12(10)18-13/h4-8,11,18H,9,16H2,1-3H3,(H,17,19). The number of nitrogens with one attached hydrogen (secondary N) is 2. The quantitative estimate of drug-likeness (QED) is 0.805. The van der Waals surface area contributed by atoms with E-state index in [1.54, 1.807) is 0 Å². The molecule has 0 bridgehead atoms. The smallest absolute Gasteiger partial charge is 0.407 e. The second kappa shape index (κ2) is 5.54. The minimum atomic E-state index is -0.505. The predicted octanol–water partition coefficient (Wildman–Crippen LogP) is 2.69. The monoisotopic (exact) mass is 275 g/mol. The molecule has 2 rings (SSSR count). The van der Waals surface area contributed by atoms with E-state index in [2.05, 4.69) is 10.3 Å². The molecule has 0 aliphatic heterocycles. The molecule has 0 saturated heterocycles. The normalized spacial score (nSPS) is 13.2. The molecular weight excluding hydrogens is 254 g/mol. The van der Waals surface area contributed by atoms with Crippen molar-refractivity contribution in [3.63, 3.8) is 0 Å². The Balaban J connectivity index is 1.95. The van der Waals surface area contributed by atoms with Gasteiger partial charge in [-0.25, -0.2) is 4.79 Å². The van der Waals surface area contributed by atoms with Gasteiger partial charge in [-0.2, -0.15) is 0 Å². The van der Waals surface area contributed by atoms with Crippen LogP contribution in [0.5, 0.6) is 0 Å². The van der Waals surface area contributed by atoms with Gasteiger partial charge in [0.1, 0.15) is 5.60 Å². The molecule has 1 aromatic heterocycles. The Morgan fingerprint density at radius 1 is 1.40 bits per heavy atom. The minimum absolute atomic E-state index is 0.296. The van der Waals surface area contributed by atoms with Gasteiger partial charge >= 0.3 is 6.09 Å². The average molecular weight is 275 g/mol. The maximum atomic E-state index is 11.6. The van der Waals surface area contributed by atoms with E-state index in [0.29, 0.717) is 6.54 Å². The van der Waals surface area contributed by atoms with E-state index >= 15 is 0 Å². The highest BCUT2D eigenvalue weighted by Crippen LogP contribution is 2.18. The summed E-state index contributed by atoms with van der Waals surface area (Å²) in [5.41, 5.74) is 7.49. The summed E-state index contributed by atoms with van der Waals surface area (Å²) in [6.07, 6.45) is -0.455. The lowest BCUT2D eigenvalue weighted by molar-refractivity contribution is 0.0524. The van der Waals surface area contributed by atoms with Gasteiger partial charge in [-0.3, -0.25) is 0 Å². The number of hydrogen-bond acceptors (Lipinski definition) is 3. The fourth-order valence-corrected chi connectivity index (χ4v) is 1.91. The van der Waals surface area contributed by atoms with Crippen molar-refractivity contribution in [1.29, 1.82) is 0 Å². The van der Waals surface area contributed by atoms with Crippen LogP contribution < -0.4 is 11.1 Å². The zero-order chi connectivity index (χ0) is 14.8. The average Bonchev–Trinajstić information content (AvgIpc) is 2.77. The number of nitrogens with two attached hydrogens (primary N) is 1. The number of para-hydroxylation sites is 1. The van der Waals surface area contributed by atoms with Crippen molar-refractivity contribution in [2.24, 2.45) is 5.73 Å². The van der Waals surface area contributed by atoms with Gasteiger partial charge in [-0.15, -0.1) is 0 Å². The molecule has 20 heavy (non-hydrogen) atoms. The van der Waals surface area contributed by atoms with Crippen LogP contribution in [0.15, 0.2) is 30.3 Å². The summed E-state index contributed by atoms with van der Waals surface area (Å²) >= 11 is 0. The van der Waals surface area contributed by atoms with Gasteiger partial charge in [0.15, 0.2) is 0 Å². The molecule has 0 saturated carbocycles. The Kier molecular flexibility index (Phi) is 3.99. The number of benzene rings is 1. The molecule has 0 aliphatic carbocycles. The van der Waals surface area contributed by atoms with Gasteiger partial charge in [0, 0.05) is 17.8 Å². The molecule has 1 atom stereocenters. The van der Waals surface area contributed by atoms with Crippen LogP contribution in [-0.2, 0) is 4.74 Å². The van der Waals surface area contributed by atoms with E-state index in [1.165, 1.54) is 0 Å².